The summed E-state index contributed by atoms with van der Waals surface area (Å²) in [6.07, 6.45) is 1.13. The highest BCUT2D eigenvalue weighted by Crippen LogP contribution is 2.34. The molecule has 19 heavy (non-hydrogen) atoms. The van der Waals surface area contributed by atoms with Crippen LogP contribution in [0.1, 0.15) is 0 Å². The number of hydrogen-bond acceptors (Lipinski definition) is 5. The normalized spacial score (nSPS) is 10.3. The molecule has 0 bridgehead atoms. The number of aromatic nitrogens is 2. The van der Waals surface area contributed by atoms with Gasteiger partial charge in [-0.2, -0.15) is 0 Å². The van der Waals surface area contributed by atoms with Gasteiger partial charge in [0, 0.05) is 4.47 Å². The van der Waals surface area contributed by atoms with Gasteiger partial charge in [0.1, 0.15) is 6.33 Å². The highest BCUT2D eigenvalue weighted by atomic mass is 79.9. The number of nitrogens with one attached hydrogen (secondary N) is 1. The van der Waals surface area contributed by atoms with E-state index in [1.807, 2.05) is 0 Å². The molecule has 0 saturated heterocycles. The van der Waals surface area contributed by atoms with Gasteiger partial charge >= 0.3 is 5.69 Å². The molecule has 0 amide bonds. The molecule has 1 heterocycles. The topological polar surface area (TPSA) is 81.0 Å². The second kappa shape index (κ2) is 5.68. The first kappa shape index (κ1) is 14.0. The Labute approximate surface area is 126 Å². The monoisotopic (exact) mass is 362 g/mol. The quantitative estimate of drug-likeness (QED) is 0.502. The van der Waals surface area contributed by atoms with Crippen molar-refractivity contribution in [2.45, 2.75) is 0 Å². The summed E-state index contributed by atoms with van der Waals surface area (Å²) in [6, 6.07) is 5.06. The molecule has 0 aliphatic rings. The maximum Gasteiger partial charge on any atom is 0.348 e. The van der Waals surface area contributed by atoms with Gasteiger partial charge in [-0.1, -0.05) is 39.1 Å². The number of benzene rings is 1. The van der Waals surface area contributed by atoms with Crippen molar-refractivity contribution in [1.29, 1.82) is 0 Å². The van der Waals surface area contributed by atoms with Crippen LogP contribution in [0.2, 0.25) is 10.2 Å². The Morgan fingerprint density at radius 2 is 2.05 bits per heavy atom. The Kier molecular flexibility index (Phi) is 4.18. The molecule has 0 atom stereocenters. The van der Waals surface area contributed by atoms with Crippen LogP contribution in [0.15, 0.2) is 29.0 Å². The molecule has 0 unspecified atom stereocenters. The minimum Gasteiger partial charge on any atom is -0.333 e. The Morgan fingerprint density at radius 3 is 2.74 bits per heavy atom. The van der Waals surface area contributed by atoms with Crippen molar-refractivity contribution in [1.82, 2.24) is 9.97 Å². The molecule has 0 fully saturated rings. The number of nitrogens with zero attached hydrogens (tertiary/aromatic N) is 3. The SMILES string of the molecule is O=[N+]([O-])c1c(Cl)ncnc1Nc1cc(Br)ccc1Cl. The van der Waals surface area contributed by atoms with E-state index in [1.54, 1.807) is 18.2 Å². The summed E-state index contributed by atoms with van der Waals surface area (Å²) in [4.78, 5) is 17.7. The highest BCUT2D eigenvalue weighted by Gasteiger charge is 2.22. The molecule has 0 radical (unpaired) electrons. The number of hydrogen-bond donors (Lipinski definition) is 1. The lowest BCUT2D eigenvalue weighted by Gasteiger charge is -2.08. The van der Waals surface area contributed by atoms with Gasteiger partial charge in [0.05, 0.1) is 15.6 Å². The van der Waals surface area contributed by atoms with E-state index < -0.39 is 10.6 Å². The second-order valence-corrected chi connectivity index (χ2v) is 5.05. The average molecular weight is 364 g/mol. The van der Waals surface area contributed by atoms with Gasteiger partial charge in [0.15, 0.2) is 0 Å². The van der Waals surface area contributed by atoms with Crippen LogP contribution in [0.25, 0.3) is 0 Å². The summed E-state index contributed by atoms with van der Waals surface area (Å²) >= 11 is 15.0. The molecule has 0 aliphatic heterocycles. The van der Waals surface area contributed by atoms with Crippen LogP contribution >= 0.6 is 39.1 Å². The fourth-order valence-corrected chi connectivity index (χ4v) is 2.06. The molecule has 98 valence electrons. The first-order valence-electron chi connectivity index (χ1n) is 4.86. The largest absolute Gasteiger partial charge is 0.348 e. The summed E-state index contributed by atoms with van der Waals surface area (Å²) in [6.45, 7) is 0. The molecule has 0 aliphatic carbocycles. The highest BCUT2D eigenvalue weighted by molar-refractivity contribution is 9.10. The average Bonchev–Trinajstić information content (AvgIpc) is 2.33. The number of anilines is 2. The third kappa shape index (κ3) is 3.12. The summed E-state index contributed by atoms with van der Waals surface area (Å²) in [7, 11) is 0. The zero-order valence-corrected chi connectivity index (χ0v) is 12.2. The van der Waals surface area contributed by atoms with E-state index >= 15 is 0 Å². The predicted octanol–water partition coefficient (Wildman–Crippen LogP) is 4.20. The van der Waals surface area contributed by atoms with Crippen LogP contribution in [0.3, 0.4) is 0 Å². The molecule has 2 aromatic rings. The van der Waals surface area contributed by atoms with E-state index in [-0.39, 0.29) is 11.0 Å². The van der Waals surface area contributed by atoms with Crippen LogP contribution < -0.4 is 5.32 Å². The predicted molar refractivity (Wildman–Crippen MR) is 76.1 cm³/mol. The maximum absolute atomic E-state index is 10.9. The van der Waals surface area contributed by atoms with Crippen LogP contribution in [0, 0.1) is 10.1 Å². The van der Waals surface area contributed by atoms with Gasteiger partial charge in [-0.15, -0.1) is 0 Å². The number of nitro groups is 1. The van der Waals surface area contributed by atoms with Crippen LogP contribution in [-0.2, 0) is 0 Å². The van der Waals surface area contributed by atoms with E-state index in [9.17, 15) is 10.1 Å². The van der Waals surface area contributed by atoms with Crippen molar-refractivity contribution in [3.05, 3.63) is 49.3 Å². The molecule has 1 N–H and O–H groups in total. The lowest BCUT2D eigenvalue weighted by Crippen LogP contribution is -2.02. The summed E-state index contributed by atoms with van der Waals surface area (Å²) in [5.74, 6) is -0.0231. The molecule has 6 nitrogen and oxygen atoms in total. The first-order chi connectivity index (χ1) is 8.99. The van der Waals surface area contributed by atoms with Crippen molar-refractivity contribution >= 4 is 56.3 Å². The van der Waals surface area contributed by atoms with Crippen molar-refractivity contribution < 1.29 is 4.92 Å². The molecular weight excluding hydrogens is 359 g/mol. The molecule has 1 aromatic heterocycles. The maximum atomic E-state index is 10.9. The van der Waals surface area contributed by atoms with E-state index in [0.717, 1.165) is 10.8 Å². The van der Waals surface area contributed by atoms with Gasteiger partial charge in [-0.25, -0.2) is 9.97 Å². The van der Waals surface area contributed by atoms with Gasteiger partial charge in [-0.3, -0.25) is 10.1 Å². The zero-order chi connectivity index (χ0) is 14.0. The van der Waals surface area contributed by atoms with Crippen molar-refractivity contribution in [2.75, 3.05) is 5.32 Å². The minimum atomic E-state index is -0.656. The zero-order valence-electron chi connectivity index (χ0n) is 9.10. The van der Waals surface area contributed by atoms with E-state index in [2.05, 4.69) is 31.2 Å². The van der Waals surface area contributed by atoms with Gasteiger partial charge in [-0.05, 0) is 18.2 Å². The molecule has 1 aromatic carbocycles. The minimum absolute atomic E-state index is 0.0231. The van der Waals surface area contributed by atoms with Crippen LogP contribution in [0.4, 0.5) is 17.2 Å². The lowest BCUT2D eigenvalue weighted by molar-refractivity contribution is -0.384. The first-order valence-corrected chi connectivity index (χ1v) is 6.41. The molecule has 0 saturated carbocycles. The molecule has 2 rings (SSSR count). The van der Waals surface area contributed by atoms with Gasteiger partial charge in [0.25, 0.3) is 0 Å². The van der Waals surface area contributed by atoms with E-state index in [4.69, 9.17) is 23.2 Å². The van der Waals surface area contributed by atoms with Gasteiger partial charge in [0.2, 0.25) is 11.0 Å². The smallest absolute Gasteiger partial charge is 0.333 e. The fourth-order valence-electron chi connectivity index (χ4n) is 1.33. The Morgan fingerprint density at radius 1 is 1.32 bits per heavy atom. The Balaban J connectivity index is 2.46. The molecular formula is C10H5BrCl2N4O2. The van der Waals surface area contributed by atoms with Gasteiger partial charge < -0.3 is 5.32 Å². The summed E-state index contributed by atoms with van der Waals surface area (Å²) < 4.78 is 0.766. The molecule has 0 spiro atoms. The summed E-state index contributed by atoms with van der Waals surface area (Å²) in [5, 5.41) is 13.9. The van der Waals surface area contributed by atoms with Crippen LogP contribution in [0.5, 0.6) is 0 Å². The van der Waals surface area contributed by atoms with Crippen molar-refractivity contribution in [2.24, 2.45) is 0 Å². The lowest BCUT2D eigenvalue weighted by atomic mass is 10.3. The number of halogens is 3. The summed E-state index contributed by atoms with van der Waals surface area (Å²) in [5.41, 5.74) is 0.0640. The standard InChI is InChI=1S/C10H5BrCl2N4O2/c11-5-1-2-6(12)7(3-5)16-10-8(17(18)19)9(13)14-4-15-10/h1-4H,(H,14,15,16). The van der Waals surface area contributed by atoms with Crippen LogP contribution in [-0.4, -0.2) is 14.9 Å². The van der Waals surface area contributed by atoms with E-state index in [0.29, 0.717) is 10.7 Å². The van der Waals surface area contributed by atoms with Crippen molar-refractivity contribution in [3.8, 4) is 0 Å². The van der Waals surface area contributed by atoms with Crippen molar-refractivity contribution in [3.63, 3.8) is 0 Å². The Hall–Kier alpha value is -1.44. The second-order valence-electron chi connectivity index (χ2n) is 3.37. The third-order valence-corrected chi connectivity index (χ3v) is 3.24. The Bertz CT molecular complexity index is 653. The van der Waals surface area contributed by atoms with E-state index in [1.165, 1.54) is 0 Å². The fraction of sp³-hybridized carbons (Fsp3) is 0. The third-order valence-electron chi connectivity index (χ3n) is 2.14. The number of rotatable bonds is 3. The molecule has 9 heteroatoms.